The van der Waals surface area contributed by atoms with Gasteiger partial charge in [0.15, 0.2) is 5.11 Å². The van der Waals surface area contributed by atoms with Crippen LogP contribution in [0, 0.1) is 26.0 Å². The largest absolute Gasteiger partial charge is 0.330 e. The summed E-state index contributed by atoms with van der Waals surface area (Å²) in [6.07, 6.45) is 2.41. The van der Waals surface area contributed by atoms with Crippen LogP contribution in [-0.4, -0.2) is 20.9 Å². The Hall–Kier alpha value is -3.73. The molecule has 9 nitrogen and oxygen atoms in total. The number of nitro benzene ring substituents is 2. The maximum absolute atomic E-state index is 13.7. The highest BCUT2D eigenvalue weighted by molar-refractivity contribution is 7.80. The first-order valence-electron chi connectivity index (χ1n) is 7.24. The number of carbonyl (C=O) groups is 1. The molecule has 2 aromatic rings. The summed E-state index contributed by atoms with van der Waals surface area (Å²) in [5.41, 5.74) is -0.324. The average molecular weight is 390 g/mol. The minimum absolute atomic E-state index is 0.129. The van der Waals surface area contributed by atoms with Crippen LogP contribution in [0.2, 0.25) is 0 Å². The Morgan fingerprint density at radius 1 is 1.07 bits per heavy atom. The zero-order chi connectivity index (χ0) is 20.0. The van der Waals surface area contributed by atoms with Gasteiger partial charge >= 0.3 is 0 Å². The summed E-state index contributed by atoms with van der Waals surface area (Å²) in [6, 6.07) is 8.44. The Bertz CT molecular complexity index is 964. The molecule has 0 radical (unpaired) electrons. The number of halogens is 1. The quantitative estimate of drug-likeness (QED) is 0.347. The van der Waals surface area contributed by atoms with Crippen LogP contribution >= 0.6 is 12.2 Å². The van der Waals surface area contributed by atoms with Crippen molar-refractivity contribution in [3.63, 3.8) is 0 Å². The minimum atomic E-state index is -0.788. The molecule has 0 atom stereocenters. The summed E-state index contributed by atoms with van der Waals surface area (Å²) in [7, 11) is 0. The Labute approximate surface area is 156 Å². The molecule has 0 heterocycles. The van der Waals surface area contributed by atoms with Crippen LogP contribution in [0.4, 0.5) is 21.5 Å². The molecule has 2 aromatic carbocycles. The fourth-order valence-corrected chi connectivity index (χ4v) is 2.15. The van der Waals surface area contributed by atoms with E-state index in [1.54, 1.807) is 6.07 Å². The molecule has 11 heteroatoms. The molecule has 0 saturated carbocycles. The van der Waals surface area contributed by atoms with Crippen LogP contribution in [0.25, 0.3) is 6.08 Å². The number of nitro groups is 2. The fraction of sp³-hybridized carbons (Fsp3) is 0. The molecule has 0 aliphatic rings. The number of anilines is 1. The van der Waals surface area contributed by atoms with Gasteiger partial charge in [-0.25, -0.2) is 4.39 Å². The number of thiocarbonyl (C=S) groups is 1. The van der Waals surface area contributed by atoms with Gasteiger partial charge in [-0.1, -0.05) is 12.1 Å². The van der Waals surface area contributed by atoms with E-state index in [4.69, 9.17) is 12.2 Å². The van der Waals surface area contributed by atoms with Crippen LogP contribution in [0.1, 0.15) is 5.56 Å². The molecule has 1 amide bonds. The summed E-state index contributed by atoms with van der Waals surface area (Å²) in [5.74, 6) is -1.46. The van der Waals surface area contributed by atoms with Gasteiger partial charge in [-0.2, -0.15) is 0 Å². The van der Waals surface area contributed by atoms with Gasteiger partial charge in [0, 0.05) is 30.3 Å². The molecule has 0 aliphatic carbocycles. The molecule has 0 bridgehead atoms. The van der Waals surface area contributed by atoms with Gasteiger partial charge in [0.1, 0.15) is 5.82 Å². The van der Waals surface area contributed by atoms with E-state index in [0.29, 0.717) is 5.56 Å². The van der Waals surface area contributed by atoms with E-state index in [-0.39, 0.29) is 22.2 Å². The standard InChI is InChI=1S/C16H11FN4O5S/c17-13-6-5-12(21(25)26)9-14(13)18-16(27)19-15(22)7-4-10-2-1-3-11(8-10)20(23)24/h1-9H,(H2,18,19,22,27)/b7-4+. The molecular weight excluding hydrogens is 379 g/mol. The van der Waals surface area contributed by atoms with Crippen LogP contribution in [0.3, 0.4) is 0 Å². The third-order valence-corrected chi connectivity index (χ3v) is 3.36. The lowest BCUT2D eigenvalue weighted by molar-refractivity contribution is -0.385. The summed E-state index contributed by atoms with van der Waals surface area (Å²) in [4.78, 5) is 32.0. The summed E-state index contributed by atoms with van der Waals surface area (Å²) in [5, 5.41) is 25.7. The Balaban J connectivity index is 2.01. The van der Waals surface area contributed by atoms with Crippen molar-refractivity contribution in [1.29, 1.82) is 0 Å². The van der Waals surface area contributed by atoms with Crippen LogP contribution in [0.5, 0.6) is 0 Å². The number of nitrogens with zero attached hydrogens (tertiary/aromatic N) is 2. The van der Waals surface area contributed by atoms with Crippen molar-refractivity contribution >= 4 is 46.4 Å². The smallest absolute Gasteiger partial charge is 0.271 e. The molecule has 0 aliphatic heterocycles. The highest BCUT2D eigenvalue weighted by Crippen LogP contribution is 2.21. The van der Waals surface area contributed by atoms with Gasteiger partial charge in [0.25, 0.3) is 11.4 Å². The summed E-state index contributed by atoms with van der Waals surface area (Å²) >= 11 is 4.86. The number of hydrogen-bond donors (Lipinski definition) is 2. The normalized spacial score (nSPS) is 10.4. The summed E-state index contributed by atoms with van der Waals surface area (Å²) < 4.78 is 13.7. The lowest BCUT2D eigenvalue weighted by Crippen LogP contribution is -2.33. The molecule has 2 rings (SSSR count). The van der Waals surface area contributed by atoms with Gasteiger partial charge < -0.3 is 5.32 Å². The Morgan fingerprint density at radius 3 is 2.41 bits per heavy atom. The number of non-ortho nitro benzene ring substituents is 2. The van der Waals surface area contributed by atoms with Crippen molar-refractivity contribution in [2.75, 3.05) is 5.32 Å². The topological polar surface area (TPSA) is 127 Å². The van der Waals surface area contributed by atoms with Gasteiger partial charge in [0.05, 0.1) is 15.5 Å². The first kappa shape index (κ1) is 19.6. The van der Waals surface area contributed by atoms with E-state index < -0.39 is 21.6 Å². The molecule has 0 aromatic heterocycles. The minimum Gasteiger partial charge on any atom is -0.330 e. The molecule has 138 valence electrons. The first-order chi connectivity index (χ1) is 12.8. The number of nitrogens with one attached hydrogen (secondary N) is 2. The first-order valence-corrected chi connectivity index (χ1v) is 7.65. The van der Waals surface area contributed by atoms with Crippen molar-refractivity contribution in [2.45, 2.75) is 0 Å². The molecular formula is C16H11FN4O5S. The van der Waals surface area contributed by atoms with Gasteiger partial charge in [-0.3, -0.25) is 30.3 Å². The Morgan fingerprint density at radius 2 is 1.74 bits per heavy atom. The number of rotatable bonds is 5. The molecule has 0 unspecified atom stereocenters. The van der Waals surface area contributed by atoms with Gasteiger partial charge in [-0.05, 0) is 29.9 Å². The predicted octanol–water partition coefficient (Wildman–Crippen LogP) is 3.17. The van der Waals surface area contributed by atoms with Crippen LogP contribution in [0.15, 0.2) is 48.5 Å². The van der Waals surface area contributed by atoms with E-state index in [1.807, 2.05) is 0 Å². The highest BCUT2D eigenvalue weighted by Gasteiger charge is 2.12. The van der Waals surface area contributed by atoms with Crippen molar-refractivity contribution < 1.29 is 19.0 Å². The Kier molecular flexibility index (Phi) is 6.23. The van der Waals surface area contributed by atoms with Gasteiger partial charge in [-0.15, -0.1) is 0 Å². The summed E-state index contributed by atoms with van der Waals surface area (Å²) in [6.45, 7) is 0. The fourth-order valence-electron chi connectivity index (χ4n) is 1.94. The molecule has 0 fully saturated rings. The van der Waals surface area contributed by atoms with E-state index in [0.717, 1.165) is 24.3 Å². The zero-order valence-electron chi connectivity index (χ0n) is 13.4. The maximum Gasteiger partial charge on any atom is 0.271 e. The number of carbonyl (C=O) groups excluding carboxylic acids is 1. The third-order valence-electron chi connectivity index (χ3n) is 3.15. The monoisotopic (exact) mass is 390 g/mol. The van der Waals surface area contributed by atoms with Crippen LogP contribution in [-0.2, 0) is 4.79 Å². The van der Waals surface area contributed by atoms with Crippen LogP contribution < -0.4 is 10.6 Å². The second-order valence-corrected chi connectivity index (χ2v) is 5.46. The lowest BCUT2D eigenvalue weighted by Gasteiger charge is -2.08. The van der Waals surface area contributed by atoms with Crippen molar-refractivity contribution in [1.82, 2.24) is 5.32 Å². The number of hydrogen-bond acceptors (Lipinski definition) is 6. The van der Waals surface area contributed by atoms with Gasteiger partial charge in [0.2, 0.25) is 5.91 Å². The maximum atomic E-state index is 13.7. The van der Waals surface area contributed by atoms with E-state index in [9.17, 15) is 29.4 Å². The number of benzene rings is 2. The van der Waals surface area contributed by atoms with E-state index in [1.165, 1.54) is 24.3 Å². The van der Waals surface area contributed by atoms with Crippen molar-refractivity contribution in [3.05, 3.63) is 80.1 Å². The average Bonchev–Trinajstić information content (AvgIpc) is 2.61. The highest BCUT2D eigenvalue weighted by atomic mass is 32.1. The van der Waals surface area contributed by atoms with Crippen molar-refractivity contribution in [2.24, 2.45) is 0 Å². The molecule has 27 heavy (non-hydrogen) atoms. The molecule has 0 saturated heterocycles. The molecule has 0 spiro atoms. The lowest BCUT2D eigenvalue weighted by atomic mass is 10.2. The third kappa shape index (κ3) is 5.64. The van der Waals surface area contributed by atoms with E-state index >= 15 is 0 Å². The second-order valence-electron chi connectivity index (χ2n) is 5.05. The SMILES string of the molecule is O=C(/C=C/c1cccc([N+](=O)[O-])c1)NC(=S)Nc1cc([N+](=O)[O-])ccc1F. The zero-order valence-corrected chi connectivity index (χ0v) is 14.2. The number of amides is 1. The van der Waals surface area contributed by atoms with Crippen molar-refractivity contribution in [3.8, 4) is 0 Å². The molecule has 2 N–H and O–H groups in total. The predicted molar refractivity (Wildman–Crippen MR) is 99.5 cm³/mol. The van der Waals surface area contributed by atoms with E-state index in [2.05, 4.69) is 10.6 Å². The second kappa shape index (κ2) is 8.58.